The fourth-order valence-electron chi connectivity index (χ4n) is 2.51. The van der Waals surface area contributed by atoms with Gasteiger partial charge in [-0.15, -0.1) is 0 Å². The molecular weight excluding hydrogens is 297 g/mol. The zero-order chi connectivity index (χ0) is 15.3. The molecule has 118 valence electrons. The van der Waals surface area contributed by atoms with Crippen LogP contribution >= 0.6 is 11.8 Å². The lowest BCUT2D eigenvalue weighted by Crippen LogP contribution is -2.38. The highest BCUT2D eigenvalue weighted by molar-refractivity contribution is 7.99. The van der Waals surface area contributed by atoms with Crippen molar-refractivity contribution in [3.05, 3.63) is 35.4 Å². The van der Waals surface area contributed by atoms with E-state index in [1.165, 1.54) is 6.07 Å². The molecule has 0 radical (unpaired) electrons. The van der Waals surface area contributed by atoms with Crippen molar-refractivity contribution >= 4 is 11.8 Å². The third kappa shape index (κ3) is 4.90. The Bertz CT molecular complexity index is 445. The first kappa shape index (κ1) is 16.6. The maximum Gasteiger partial charge on any atom is 0.416 e. The Hall–Kier alpha value is -0.720. The summed E-state index contributed by atoms with van der Waals surface area (Å²) in [6.07, 6.45) is -4.30. The van der Waals surface area contributed by atoms with Gasteiger partial charge in [-0.25, -0.2) is 0 Å². The van der Waals surface area contributed by atoms with E-state index in [1.54, 1.807) is 19.1 Å². The second-order valence-electron chi connectivity index (χ2n) is 5.21. The van der Waals surface area contributed by atoms with Crippen LogP contribution in [0.15, 0.2) is 24.3 Å². The molecule has 0 aromatic heterocycles. The predicted molar refractivity (Wildman–Crippen MR) is 81.6 cm³/mol. The summed E-state index contributed by atoms with van der Waals surface area (Å²) in [6, 6.07) is 5.49. The third-order valence-electron chi connectivity index (χ3n) is 3.71. The monoisotopic (exact) mass is 318 g/mol. The quantitative estimate of drug-likeness (QED) is 0.896. The van der Waals surface area contributed by atoms with Crippen LogP contribution in [0, 0.1) is 0 Å². The number of hydrogen-bond donors (Lipinski definition) is 1. The van der Waals surface area contributed by atoms with Crippen molar-refractivity contribution in [1.29, 1.82) is 0 Å². The molecule has 1 saturated heterocycles. The lowest BCUT2D eigenvalue weighted by molar-refractivity contribution is -0.138. The first-order valence-corrected chi connectivity index (χ1v) is 8.33. The Kier molecular flexibility index (Phi) is 5.96. The molecule has 0 spiro atoms. The van der Waals surface area contributed by atoms with E-state index in [0.29, 0.717) is 12.1 Å². The second-order valence-corrected chi connectivity index (χ2v) is 6.44. The van der Waals surface area contributed by atoms with Gasteiger partial charge in [-0.1, -0.05) is 18.2 Å². The van der Waals surface area contributed by atoms with E-state index in [2.05, 4.69) is 10.2 Å². The standard InChI is InChI=1S/C15H21F3N2S/c1-12(19-6-7-20-8-10-21-11-9-20)13-4-2-3-5-14(13)15(16,17)18/h2-5,12,19H,6-11H2,1H3. The second kappa shape index (κ2) is 7.51. The van der Waals surface area contributed by atoms with Crippen LogP contribution in [0.2, 0.25) is 0 Å². The van der Waals surface area contributed by atoms with Gasteiger partial charge in [0, 0.05) is 43.7 Å². The van der Waals surface area contributed by atoms with Gasteiger partial charge in [-0.05, 0) is 18.6 Å². The van der Waals surface area contributed by atoms with Crippen LogP contribution in [0.5, 0.6) is 0 Å². The highest BCUT2D eigenvalue weighted by Gasteiger charge is 2.33. The molecule has 1 aliphatic heterocycles. The molecule has 1 aliphatic rings. The summed E-state index contributed by atoms with van der Waals surface area (Å²) in [7, 11) is 0. The molecule has 2 nitrogen and oxygen atoms in total. The van der Waals surface area contributed by atoms with E-state index < -0.39 is 11.7 Å². The highest BCUT2D eigenvalue weighted by Crippen LogP contribution is 2.34. The largest absolute Gasteiger partial charge is 0.416 e. The fourth-order valence-corrected chi connectivity index (χ4v) is 3.49. The highest BCUT2D eigenvalue weighted by atomic mass is 32.2. The molecule has 1 atom stereocenters. The molecule has 2 rings (SSSR count). The van der Waals surface area contributed by atoms with E-state index in [0.717, 1.165) is 37.2 Å². The fraction of sp³-hybridized carbons (Fsp3) is 0.600. The molecule has 0 bridgehead atoms. The summed E-state index contributed by atoms with van der Waals surface area (Å²) in [5.74, 6) is 2.29. The number of alkyl halides is 3. The molecule has 1 unspecified atom stereocenters. The lowest BCUT2D eigenvalue weighted by Gasteiger charge is -2.27. The van der Waals surface area contributed by atoms with Crippen LogP contribution in [-0.4, -0.2) is 42.6 Å². The lowest BCUT2D eigenvalue weighted by atomic mass is 10.0. The summed E-state index contributed by atoms with van der Waals surface area (Å²) in [6.45, 7) is 5.52. The minimum atomic E-state index is -4.30. The number of halogens is 3. The van der Waals surface area contributed by atoms with Crippen molar-refractivity contribution in [2.45, 2.75) is 19.1 Å². The Balaban J connectivity index is 1.89. The molecule has 21 heavy (non-hydrogen) atoms. The van der Waals surface area contributed by atoms with E-state index in [9.17, 15) is 13.2 Å². The first-order valence-electron chi connectivity index (χ1n) is 7.18. The molecule has 0 saturated carbocycles. The summed E-state index contributed by atoms with van der Waals surface area (Å²) in [4.78, 5) is 2.35. The number of rotatable bonds is 5. The Labute approximate surface area is 128 Å². The normalized spacial score (nSPS) is 18.7. The van der Waals surface area contributed by atoms with Crippen molar-refractivity contribution in [3.63, 3.8) is 0 Å². The van der Waals surface area contributed by atoms with Crippen LogP contribution in [0.3, 0.4) is 0 Å². The zero-order valence-corrected chi connectivity index (χ0v) is 12.9. The third-order valence-corrected chi connectivity index (χ3v) is 4.66. The van der Waals surface area contributed by atoms with Gasteiger partial charge in [0.1, 0.15) is 0 Å². The minimum absolute atomic E-state index is 0.304. The maximum absolute atomic E-state index is 13.0. The van der Waals surface area contributed by atoms with Crippen molar-refractivity contribution in [2.75, 3.05) is 37.7 Å². The van der Waals surface area contributed by atoms with Crippen molar-refractivity contribution in [3.8, 4) is 0 Å². The molecule has 0 amide bonds. The van der Waals surface area contributed by atoms with Gasteiger partial charge in [-0.3, -0.25) is 0 Å². The van der Waals surface area contributed by atoms with Crippen LogP contribution in [0.1, 0.15) is 24.1 Å². The maximum atomic E-state index is 13.0. The number of thioether (sulfide) groups is 1. The molecule has 6 heteroatoms. The van der Waals surface area contributed by atoms with Gasteiger partial charge >= 0.3 is 6.18 Å². The molecule has 1 fully saturated rings. The summed E-state index contributed by atoms with van der Waals surface area (Å²) < 4.78 is 39.0. The molecule has 1 aromatic carbocycles. The number of benzene rings is 1. The van der Waals surface area contributed by atoms with Crippen LogP contribution in [0.25, 0.3) is 0 Å². The molecular formula is C15H21F3N2S. The summed E-state index contributed by atoms with van der Waals surface area (Å²) >= 11 is 1.95. The smallest absolute Gasteiger partial charge is 0.309 e. The van der Waals surface area contributed by atoms with Crippen LogP contribution in [0.4, 0.5) is 13.2 Å². The Morgan fingerprint density at radius 1 is 1.24 bits per heavy atom. The van der Waals surface area contributed by atoms with E-state index >= 15 is 0 Å². The molecule has 0 aliphatic carbocycles. The predicted octanol–water partition coefficient (Wildman–Crippen LogP) is 3.40. The number of nitrogens with zero attached hydrogens (tertiary/aromatic N) is 1. The van der Waals surface area contributed by atoms with Gasteiger partial charge in [0.2, 0.25) is 0 Å². The Morgan fingerprint density at radius 3 is 2.57 bits per heavy atom. The van der Waals surface area contributed by atoms with Crippen LogP contribution in [-0.2, 0) is 6.18 Å². The first-order chi connectivity index (χ1) is 9.98. The molecule has 1 heterocycles. The minimum Gasteiger partial charge on any atom is -0.309 e. The zero-order valence-electron chi connectivity index (χ0n) is 12.1. The topological polar surface area (TPSA) is 15.3 Å². The molecule has 1 aromatic rings. The SMILES string of the molecule is CC(NCCN1CCSCC1)c1ccccc1C(F)(F)F. The number of nitrogens with one attached hydrogen (secondary N) is 1. The summed E-state index contributed by atoms with van der Waals surface area (Å²) in [5.41, 5.74) is -0.224. The van der Waals surface area contributed by atoms with Gasteiger partial charge in [-0.2, -0.15) is 24.9 Å². The van der Waals surface area contributed by atoms with Crippen molar-refractivity contribution < 1.29 is 13.2 Å². The van der Waals surface area contributed by atoms with Crippen molar-refractivity contribution in [1.82, 2.24) is 10.2 Å². The van der Waals surface area contributed by atoms with Crippen LogP contribution < -0.4 is 5.32 Å². The van der Waals surface area contributed by atoms with E-state index in [-0.39, 0.29) is 6.04 Å². The molecule has 1 N–H and O–H groups in total. The van der Waals surface area contributed by atoms with Gasteiger partial charge in [0.25, 0.3) is 0 Å². The van der Waals surface area contributed by atoms with E-state index in [4.69, 9.17) is 0 Å². The average Bonchev–Trinajstić information content (AvgIpc) is 2.47. The van der Waals surface area contributed by atoms with E-state index in [1.807, 2.05) is 11.8 Å². The summed E-state index contributed by atoms with van der Waals surface area (Å²) in [5, 5.41) is 3.21. The number of hydrogen-bond acceptors (Lipinski definition) is 3. The van der Waals surface area contributed by atoms with Gasteiger partial charge < -0.3 is 10.2 Å². The Morgan fingerprint density at radius 2 is 1.90 bits per heavy atom. The average molecular weight is 318 g/mol. The van der Waals surface area contributed by atoms with Gasteiger partial charge in [0.05, 0.1) is 5.56 Å². The van der Waals surface area contributed by atoms with Crippen molar-refractivity contribution in [2.24, 2.45) is 0 Å². The van der Waals surface area contributed by atoms with Gasteiger partial charge in [0.15, 0.2) is 0 Å².